The zero-order valence-corrected chi connectivity index (χ0v) is 9.03. The first-order valence-electron chi connectivity index (χ1n) is 4.93. The Kier molecular flexibility index (Phi) is 6.46. The van der Waals surface area contributed by atoms with Gasteiger partial charge in [0.25, 0.3) is 0 Å². The van der Waals surface area contributed by atoms with E-state index in [1.165, 1.54) is 0 Å². The van der Waals surface area contributed by atoms with Crippen LogP contribution in [0.3, 0.4) is 0 Å². The van der Waals surface area contributed by atoms with Crippen molar-refractivity contribution in [2.45, 2.75) is 20.3 Å². The van der Waals surface area contributed by atoms with Crippen molar-refractivity contribution in [2.24, 2.45) is 5.41 Å². The number of nitriles is 1. The minimum Gasteiger partial charge on any atom is -0.396 e. The van der Waals surface area contributed by atoms with Gasteiger partial charge in [-0.1, -0.05) is 13.8 Å². The topological polar surface area (TPSA) is 67.5 Å². The van der Waals surface area contributed by atoms with Crippen molar-refractivity contribution in [3.05, 3.63) is 0 Å². The maximum atomic E-state index is 9.10. The fourth-order valence-corrected chi connectivity index (χ4v) is 1.25. The number of hydrogen-bond acceptors (Lipinski definition) is 4. The predicted molar refractivity (Wildman–Crippen MR) is 54.6 cm³/mol. The molecule has 4 nitrogen and oxygen atoms in total. The molecule has 2 N–H and O–H groups in total. The first-order chi connectivity index (χ1) is 6.61. The monoisotopic (exact) mass is 200 g/mol. The molecule has 4 heteroatoms. The van der Waals surface area contributed by atoms with E-state index >= 15 is 0 Å². The van der Waals surface area contributed by atoms with E-state index in [4.69, 9.17) is 15.5 Å². The van der Waals surface area contributed by atoms with Crippen molar-refractivity contribution in [2.75, 3.05) is 32.8 Å². The van der Waals surface area contributed by atoms with E-state index < -0.39 is 5.41 Å². The lowest BCUT2D eigenvalue weighted by Crippen LogP contribution is -2.41. The molecule has 0 aliphatic rings. The van der Waals surface area contributed by atoms with Crippen molar-refractivity contribution in [3.8, 4) is 6.07 Å². The highest BCUT2D eigenvalue weighted by atomic mass is 16.3. The van der Waals surface area contributed by atoms with E-state index in [9.17, 15) is 0 Å². The third kappa shape index (κ3) is 4.56. The Labute approximate surface area is 85.8 Å². The van der Waals surface area contributed by atoms with Crippen LogP contribution < -0.4 is 0 Å². The Balaban J connectivity index is 4.08. The van der Waals surface area contributed by atoms with E-state index in [0.717, 1.165) is 6.54 Å². The van der Waals surface area contributed by atoms with E-state index in [2.05, 4.69) is 11.0 Å². The highest BCUT2D eigenvalue weighted by Crippen LogP contribution is 2.16. The molecule has 0 atom stereocenters. The van der Waals surface area contributed by atoms with Crippen molar-refractivity contribution in [1.29, 1.82) is 5.26 Å². The molecule has 0 saturated heterocycles. The van der Waals surface area contributed by atoms with Gasteiger partial charge in [-0.15, -0.1) is 0 Å². The zero-order valence-electron chi connectivity index (χ0n) is 9.03. The standard InChI is InChI=1S/C10H20N2O2/c1-3-12(6-4-5-11)7-10(2,8-13)9-14/h13-14H,3-4,6-9H2,1-2H3. The normalized spacial score (nSPS) is 11.7. The predicted octanol–water partition coefficient (Wildman–Crippen LogP) is 0.213. The molecule has 0 saturated carbocycles. The largest absolute Gasteiger partial charge is 0.396 e. The number of aliphatic hydroxyl groups excluding tert-OH is 2. The van der Waals surface area contributed by atoms with E-state index in [0.29, 0.717) is 19.5 Å². The Morgan fingerprint density at radius 2 is 1.93 bits per heavy atom. The first kappa shape index (κ1) is 13.4. The molecule has 0 amide bonds. The summed E-state index contributed by atoms with van der Waals surface area (Å²) < 4.78 is 0. The van der Waals surface area contributed by atoms with Gasteiger partial charge in [-0.2, -0.15) is 5.26 Å². The van der Waals surface area contributed by atoms with Crippen molar-refractivity contribution >= 4 is 0 Å². The van der Waals surface area contributed by atoms with Gasteiger partial charge in [-0.05, 0) is 6.54 Å². The zero-order chi connectivity index (χ0) is 11.0. The molecule has 82 valence electrons. The quantitative estimate of drug-likeness (QED) is 0.616. The molecular weight excluding hydrogens is 180 g/mol. The smallest absolute Gasteiger partial charge is 0.0635 e. The lowest BCUT2D eigenvalue weighted by molar-refractivity contribution is 0.0370. The van der Waals surface area contributed by atoms with Gasteiger partial charge in [0.15, 0.2) is 0 Å². The Hall–Kier alpha value is -0.630. The molecule has 0 bridgehead atoms. The molecule has 14 heavy (non-hydrogen) atoms. The second-order valence-corrected chi connectivity index (χ2v) is 3.90. The van der Waals surface area contributed by atoms with Crippen LogP contribution in [0.1, 0.15) is 20.3 Å². The maximum Gasteiger partial charge on any atom is 0.0635 e. The summed E-state index contributed by atoms with van der Waals surface area (Å²) in [6.07, 6.45) is 0.487. The van der Waals surface area contributed by atoms with Gasteiger partial charge in [-0.25, -0.2) is 0 Å². The maximum absolute atomic E-state index is 9.10. The molecule has 0 rings (SSSR count). The summed E-state index contributed by atoms with van der Waals surface area (Å²) >= 11 is 0. The summed E-state index contributed by atoms with van der Waals surface area (Å²) in [4.78, 5) is 2.07. The van der Waals surface area contributed by atoms with Gasteiger partial charge in [0.05, 0.1) is 19.3 Å². The van der Waals surface area contributed by atoms with Crippen LogP contribution in [0.25, 0.3) is 0 Å². The third-order valence-corrected chi connectivity index (χ3v) is 2.36. The van der Waals surface area contributed by atoms with Crippen LogP contribution in [0.4, 0.5) is 0 Å². The lowest BCUT2D eigenvalue weighted by atomic mass is 9.92. The van der Waals surface area contributed by atoms with Crippen LogP contribution in [0.2, 0.25) is 0 Å². The average molecular weight is 200 g/mol. The minimum atomic E-state index is -0.467. The second kappa shape index (κ2) is 6.77. The molecule has 0 aromatic carbocycles. The van der Waals surface area contributed by atoms with Crippen molar-refractivity contribution in [1.82, 2.24) is 4.90 Å². The summed E-state index contributed by atoms with van der Waals surface area (Å²) in [5, 5.41) is 26.7. The molecule has 0 spiro atoms. The second-order valence-electron chi connectivity index (χ2n) is 3.90. The molecule has 0 fully saturated rings. The van der Waals surface area contributed by atoms with Crippen LogP contribution in [-0.4, -0.2) is 48.0 Å². The fourth-order valence-electron chi connectivity index (χ4n) is 1.25. The number of aliphatic hydroxyl groups is 2. The van der Waals surface area contributed by atoms with Crippen LogP contribution in [0, 0.1) is 16.7 Å². The van der Waals surface area contributed by atoms with Gasteiger partial charge < -0.3 is 15.1 Å². The first-order valence-corrected chi connectivity index (χ1v) is 4.93. The summed E-state index contributed by atoms with van der Waals surface area (Å²) in [6, 6.07) is 2.09. The summed E-state index contributed by atoms with van der Waals surface area (Å²) in [6.45, 7) is 5.92. The van der Waals surface area contributed by atoms with Crippen LogP contribution in [0.5, 0.6) is 0 Å². The molecule has 0 aliphatic carbocycles. The van der Waals surface area contributed by atoms with Crippen LogP contribution >= 0.6 is 0 Å². The average Bonchev–Trinajstić information content (AvgIpc) is 2.23. The minimum absolute atomic E-state index is 0.0352. The number of hydrogen-bond donors (Lipinski definition) is 2. The summed E-state index contributed by atoms with van der Waals surface area (Å²) in [7, 11) is 0. The number of nitrogens with zero attached hydrogens (tertiary/aromatic N) is 2. The lowest BCUT2D eigenvalue weighted by Gasteiger charge is -2.31. The van der Waals surface area contributed by atoms with E-state index in [-0.39, 0.29) is 13.2 Å². The van der Waals surface area contributed by atoms with Gasteiger partial charge in [0.1, 0.15) is 0 Å². The molecule has 0 aromatic heterocycles. The SMILES string of the molecule is CCN(CCC#N)CC(C)(CO)CO. The Morgan fingerprint density at radius 3 is 2.29 bits per heavy atom. The molecule has 0 aliphatic heterocycles. The molecule has 0 unspecified atom stereocenters. The van der Waals surface area contributed by atoms with Crippen molar-refractivity contribution < 1.29 is 10.2 Å². The summed E-state index contributed by atoms with van der Waals surface area (Å²) in [5.74, 6) is 0. The van der Waals surface area contributed by atoms with E-state index in [1.807, 2.05) is 13.8 Å². The summed E-state index contributed by atoms with van der Waals surface area (Å²) in [5.41, 5.74) is -0.467. The number of rotatable bonds is 7. The Bertz CT molecular complexity index is 185. The van der Waals surface area contributed by atoms with Gasteiger partial charge in [0, 0.05) is 24.9 Å². The van der Waals surface area contributed by atoms with Gasteiger partial charge in [-0.3, -0.25) is 0 Å². The van der Waals surface area contributed by atoms with Gasteiger partial charge in [0.2, 0.25) is 0 Å². The highest BCUT2D eigenvalue weighted by molar-refractivity contribution is 4.79. The van der Waals surface area contributed by atoms with Crippen LogP contribution in [-0.2, 0) is 0 Å². The van der Waals surface area contributed by atoms with Crippen molar-refractivity contribution in [3.63, 3.8) is 0 Å². The van der Waals surface area contributed by atoms with Crippen LogP contribution in [0.15, 0.2) is 0 Å². The molecule has 0 heterocycles. The third-order valence-electron chi connectivity index (χ3n) is 2.36. The fraction of sp³-hybridized carbons (Fsp3) is 0.900. The molecular formula is C10H20N2O2. The van der Waals surface area contributed by atoms with E-state index in [1.54, 1.807) is 0 Å². The molecule has 0 radical (unpaired) electrons. The van der Waals surface area contributed by atoms with Gasteiger partial charge >= 0.3 is 0 Å². The molecule has 0 aromatic rings. The highest BCUT2D eigenvalue weighted by Gasteiger charge is 2.24. The Morgan fingerprint density at radius 1 is 1.36 bits per heavy atom.